The second-order valence-electron chi connectivity index (χ2n) is 5.86. The number of aliphatic carboxylic acids is 1. The van der Waals surface area contributed by atoms with Gasteiger partial charge in [0.1, 0.15) is 5.82 Å². The minimum absolute atomic E-state index is 0.117. The fraction of sp³-hybridized carbons (Fsp3) is 0.263. The molecule has 26 heavy (non-hydrogen) atoms. The average Bonchev–Trinajstić information content (AvgIpc) is 2.87. The summed E-state index contributed by atoms with van der Waals surface area (Å²) in [5.41, 5.74) is 0.760. The van der Waals surface area contributed by atoms with Gasteiger partial charge in [-0.3, -0.25) is 9.59 Å². The first-order chi connectivity index (χ1) is 12.5. The van der Waals surface area contributed by atoms with Crippen LogP contribution in [0, 0.1) is 5.82 Å². The lowest BCUT2D eigenvalue weighted by molar-refractivity contribution is -0.138. The number of rotatable bonds is 5. The maximum absolute atomic E-state index is 13.0. The number of carbonyl (C=O) groups is 2. The molecule has 1 unspecified atom stereocenters. The van der Waals surface area contributed by atoms with Crippen molar-refractivity contribution >= 4 is 11.9 Å². The van der Waals surface area contributed by atoms with Gasteiger partial charge >= 0.3 is 5.97 Å². The van der Waals surface area contributed by atoms with Gasteiger partial charge in [-0.05, 0) is 35.9 Å². The van der Waals surface area contributed by atoms with Crippen LogP contribution in [0.1, 0.15) is 28.3 Å². The Bertz CT molecular complexity index is 806. The van der Waals surface area contributed by atoms with E-state index in [1.165, 1.54) is 24.3 Å². The van der Waals surface area contributed by atoms with Crippen LogP contribution in [0.2, 0.25) is 0 Å². The molecule has 0 aliphatic carbocycles. The van der Waals surface area contributed by atoms with E-state index in [1.54, 1.807) is 18.2 Å². The molecule has 3 rings (SSSR count). The average molecular weight is 359 g/mol. The highest BCUT2D eigenvalue weighted by atomic mass is 19.1. The van der Waals surface area contributed by atoms with Crippen molar-refractivity contribution in [1.29, 1.82) is 0 Å². The normalized spacial score (nSPS) is 14.2. The molecule has 0 saturated carbocycles. The topological polar surface area (TPSA) is 84.9 Å². The van der Waals surface area contributed by atoms with Gasteiger partial charge in [-0.2, -0.15) is 0 Å². The van der Waals surface area contributed by atoms with Gasteiger partial charge in [0.15, 0.2) is 11.5 Å². The van der Waals surface area contributed by atoms with Crippen molar-refractivity contribution in [2.45, 2.75) is 12.3 Å². The highest BCUT2D eigenvalue weighted by molar-refractivity contribution is 5.95. The summed E-state index contributed by atoms with van der Waals surface area (Å²) < 4.78 is 24.1. The summed E-state index contributed by atoms with van der Waals surface area (Å²) in [6.45, 7) is 0.939. The minimum Gasteiger partial charge on any atom is -0.490 e. The third-order valence-electron chi connectivity index (χ3n) is 4.05. The summed E-state index contributed by atoms with van der Waals surface area (Å²) in [5, 5.41) is 12.0. The molecule has 0 radical (unpaired) electrons. The van der Waals surface area contributed by atoms with E-state index in [1.807, 2.05) is 0 Å². The standard InChI is InChI=1S/C19H18FNO5/c20-14-5-2-12(3-6-14)15(19(23)24)11-21-18(22)13-4-7-16-17(10-13)26-9-1-8-25-16/h2-7,10,15H,1,8-9,11H2,(H,21,22)(H,23,24). The number of nitrogens with one attached hydrogen (secondary N) is 1. The third kappa shape index (κ3) is 4.11. The van der Waals surface area contributed by atoms with Gasteiger partial charge < -0.3 is 19.9 Å². The first kappa shape index (κ1) is 17.7. The first-order valence-corrected chi connectivity index (χ1v) is 8.20. The van der Waals surface area contributed by atoms with Gasteiger partial charge in [0.05, 0.1) is 19.1 Å². The van der Waals surface area contributed by atoms with Crippen LogP contribution >= 0.6 is 0 Å². The molecule has 136 valence electrons. The lowest BCUT2D eigenvalue weighted by Gasteiger charge is -2.14. The maximum Gasteiger partial charge on any atom is 0.312 e. The Hall–Kier alpha value is -3.09. The number of carboxylic acid groups (broad SMARTS) is 1. The molecule has 1 aliphatic heterocycles. The smallest absolute Gasteiger partial charge is 0.312 e. The predicted molar refractivity (Wildman–Crippen MR) is 91.2 cm³/mol. The number of amides is 1. The van der Waals surface area contributed by atoms with Crippen LogP contribution in [0.4, 0.5) is 4.39 Å². The van der Waals surface area contributed by atoms with Crippen LogP contribution in [-0.4, -0.2) is 36.7 Å². The molecule has 6 nitrogen and oxygen atoms in total. The fourth-order valence-electron chi connectivity index (χ4n) is 2.64. The van der Waals surface area contributed by atoms with Crippen LogP contribution < -0.4 is 14.8 Å². The summed E-state index contributed by atoms with van der Waals surface area (Å²) in [6, 6.07) is 10.00. The molecule has 0 spiro atoms. The van der Waals surface area contributed by atoms with Crippen molar-refractivity contribution in [1.82, 2.24) is 5.32 Å². The SMILES string of the molecule is O=C(NCC(C(=O)O)c1ccc(F)cc1)c1ccc2c(c1)OCCCO2. The monoisotopic (exact) mass is 359 g/mol. The molecule has 1 atom stereocenters. The zero-order chi connectivity index (χ0) is 18.5. The highest BCUT2D eigenvalue weighted by Gasteiger charge is 2.21. The molecule has 0 fully saturated rings. The van der Waals surface area contributed by atoms with E-state index in [-0.39, 0.29) is 6.54 Å². The molecule has 2 aromatic carbocycles. The van der Waals surface area contributed by atoms with Gasteiger partial charge in [0, 0.05) is 18.5 Å². The quantitative estimate of drug-likeness (QED) is 0.857. The Morgan fingerprint density at radius 1 is 1.08 bits per heavy atom. The predicted octanol–water partition coefficient (Wildman–Crippen LogP) is 2.59. The van der Waals surface area contributed by atoms with E-state index in [4.69, 9.17) is 9.47 Å². The lowest BCUT2D eigenvalue weighted by Crippen LogP contribution is -2.31. The molecule has 0 saturated heterocycles. The molecular formula is C19H18FNO5. The number of fused-ring (bicyclic) bond motifs is 1. The summed E-state index contributed by atoms with van der Waals surface area (Å²) in [6.07, 6.45) is 0.758. The van der Waals surface area contributed by atoms with Crippen LogP contribution in [0.3, 0.4) is 0 Å². The van der Waals surface area contributed by atoms with Crippen LogP contribution in [0.15, 0.2) is 42.5 Å². The first-order valence-electron chi connectivity index (χ1n) is 8.20. The van der Waals surface area contributed by atoms with Crippen molar-refractivity contribution < 1.29 is 28.6 Å². The summed E-state index contributed by atoms with van der Waals surface area (Å²) in [4.78, 5) is 23.9. The number of carbonyl (C=O) groups excluding carboxylic acids is 1. The number of ether oxygens (including phenoxy) is 2. The number of carboxylic acids is 1. The van der Waals surface area contributed by atoms with Gasteiger partial charge in [-0.15, -0.1) is 0 Å². The fourth-order valence-corrected chi connectivity index (χ4v) is 2.64. The van der Waals surface area contributed by atoms with Crippen LogP contribution in [0.25, 0.3) is 0 Å². The Morgan fingerprint density at radius 2 is 1.77 bits per heavy atom. The van der Waals surface area contributed by atoms with Crippen molar-refractivity contribution in [2.24, 2.45) is 0 Å². The van der Waals surface area contributed by atoms with Crippen LogP contribution in [-0.2, 0) is 4.79 Å². The molecule has 0 bridgehead atoms. The Morgan fingerprint density at radius 3 is 2.46 bits per heavy atom. The number of halogens is 1. The third-order valence-corrected chi connectivity index (χ3v) is 4.05. The van der Waals surface area contributed by atoms with Gasteiger partial charge in [0.2, 0.25) is 0 Å². The largest absolute Gasteiger partial charge is 0.490 e. The van der Waals surface area contributed by atoms with E-state index in [9.17, 15) is 19.1 Å². The van der Waals surface area contributed by atoms with E-state index < -0.39 is 23.6 Å². The van der Waals surface area contributed by atoms with Crippen molar-refractivity contribution in [2.75, 3.05) is 19.8 Å². The number of benzene rings is 2. The van der Waals surface area contributed by atoms with Crippen LogP contribution in [0.5, 0.6) is 11.5 Å². The van der Waals surface area contributed by atoms with Gasteiger partial charge in [-0.1, -0.05) is 12.1 Å². The second kappa shape index (κ2) is 7.86. The van der Waals surface area contributed by atoms with E-state index in [0.717, 1.165) is 6.42 Å². The number of hydrogen-bond donors (Lipinski definition) is 2. The molecular weight excluding hydrogens is 341 g/mol. The second-order valence-corrected chi connectivity index (χ2v) is 5.86. The Labute approximate surface area is 149 Å². The Balaban J connectivity index is 1.69. The highest BCUT2D eigenvalue weighted by Crippen LogP contribution is 2.30. The van der Waals surface area contributed by atoms with Crippen molar-refractivity contribution in [3.8, 4) is 11.5 Å². The summed E-state index contributed by atoms with van der Waals surface area (Å²) in [5.74, 6) is -1.88. The summed E-state index contributed by atoms with van der Waals surface area (Å²) in [7, 11) is 0. The summed E-state index contributed by atoms with van der Waals surface area (Å²) >= 11 is 0. The van der Waals surface area contributed by atoms with E-state index >= 15 is 0 Å². The minimum atomic E-state index is -1.10. The van der Waals surface area contributed by atoms with Gasteiger partial charge in [-0.25, -0.2) is 4.39 Å². The zero-order valence-electron chi connectivity index (χ0n) is 13.9. The molecule has 1 aliphatic rings. The number of hydrogen-bond acceptors (Lipinski definition) is 4. The lowest BCUT2D eigenvalue weighted by atomic mass is 9.99. The molecule has 7 heteroatoms. The molecule has 1 amide bonds. The Kier molecular flexibility index (Phi) is 5.36. The molecule has 2 aromatic rings. The maximum atomic E-state index is 13.0. The zero-order valence-corrected chi connectivity index (χ0v) is 13.9. The molecule has 0 aromatic heterocycles. The van der Waals surface area contributed by atoms with E-state index in [0.29, 0.717) is 35.8 Å². The van der Waals surface area contributed by atoms with Gasteiger partial charge in [0.25, 0.3) is 5.91 Å². The van der Waals surface area contributed by atoms with Crippen molar-refractivity contribution in [3.05, 3.63) is 59.4 Å². The van der Waals surface area contributed by atoms with E-state index in [2.05, 4.69) is 5.32 Å². The molecule has 1 heterocycles. The molecule has 2 N–H and O–H groups in total. The van der Waals surface area contributed by atoms with Crippen molar-refractivity contribution in [3.63, 3.8) is 0 Å².